The van der Waals surface area contributed by atoms with Crippen LogP contribution in [0.25, 0.3) is 0 Å². The molecule has 1 fully saturated rings. The molecule has 0 heterocycles. The molecule has 3 heteroatoms. The van der Waals surface area contributed by atoms with Gasteiger partial charge in [0.15, 0.2) is 0 Å². The molecular formula is C18H25NO2. The van der Waals surface area contributed by atoms with Crippen molar-refractivity contribution < 1.29 is 9.84 Å². The average molecular weight is 287 g/mol. The highest BCUT2D eigenvalue weighted by atomic mass is 16.5. The Morgan fingerprint density at radius 3 is 2.90 bits per heavy atom. The van der Waals surface area contributed by atoms with Gasteiger partial charge in [0.25, 0.3) is 0 Å². The van der Waals surface area contributed by atoms with Crippen molar-refractivity contribution in [1.82, 2.24) is 0 Å². The highest BCUT2D eigenvalue weighted by Crippen LogP contribution is 2.50. The summed E-state index contributed by atoms with van der Waals surface area (Å²) in [6, 6.07) is 9.96. The summed E-state index contributed by atoms with van der Waals surface area (Å²) in [4.78, 5) is 0. The highest BCUT2D eigenvalue weighted by molar-refractivity contribution is 5.32. The van der Waals surface area contributed by atoms with E-state index in [0.717, 1.165) is 43.4 Å². The van der Waals surface area contributed by atoms with Gasteiger partial charge in [-0.05, 0) is 49.3 Å². The Kier molecular flexibility index (Phi) is 5.25. The lowest BCUT2D eigenvalue weighted by atomic mass is 9.78. The van der Waals surface area contributed by atoms with Gasteiger partial charge in [0.05, 0.1) is 24.2 Å². The number of aliphatic hydroxyl groups is 1. The van der Waals surface area contributed by atoms with E-state index in [9.17, 15) is 10.4 Å². The van der Waals surface area contributed by atoms with E-state index < -0.39 is 11.5 Å². The minimum atomic E-state index is -0.732. The van der Waals surface area contributed by atoms with Crippen molar-refractivity contribution >= 4 is 0 Å². The third-order valence-electron chi connectivity index (χ3n) is 4.62. The molecule has 0 radical (unpaired) electrons. The summed E-state index contributed by atoms with van der Waals surface area (Å²) in [6.45, 7) is 4.89. The third kappa shape index (κ3) is 3.39. The van der Waals surface area contributed by atoms with Gasteiger partial charge in [-0.3, -0.25) is 0 Å². The minimum absolute atomic E-state index is 0.554. The lowest BCUT2D eigenvalue weighted by molar-refractivity contribution is 0.0638. The Balaban J connectivity index is 2.18. The molecule has 1 aromatic rings. The van der Waals surface area contributed by atoms with Crippen molar-refractivity contribution in [2.45, 2.75) is 52.1 Å². The largest absolute Gasteiger partial charge is 0.494 e. The topological polar surface area (TPSA) is 53.2 Å². The lowest BCUT2D eigenvalue weighted by Gasteiger charge is -2.28. The van der Waals surface area contributed by atoms with Crippen molar-refractivity contribution in [1.29, 1.82) is 5.26 Å². The van der Waals surface area contributed by atoms with Crippen LogP contribution in [0.15, 0.2) is 24.3 Å². The maximum Gasteiger partial charge on any atom is 0.119 e. The minimum Gasteiger partial charge on any atom is -0.494 e. The number of hydrogen-bond donors (Lipinski definition) is 1. The first-order valence-electron chi connectivity index (χ1n) is 7.97. The first-order chi connectivity index (χ1) is 10.1. The summed E-state index contributed by atoms with van der Waals surface area (Å²) in [5, 5.41) is 20.4. The molecule has 21 heavy (non-hydrogen) atoms. The third-order valence-corrected chi connectivity index (χ3v) is 4.62. The molecule has 0 amide bonds. The van der Waals surface area contributed by atoms with Gasteiger partial charge >= 0.3 is 0 Å². The van der Waals surface area contributed by atoms with E-state index in [1.807, 2.05) is 24.3 Å². The molecule has 1 N–H and O–H groups in total. The van der Waals surface area contributed by atoms with Crippen molar-refractivity contribution in [3.63, 3.8) is 0 Å². The maximum atomic E-state index is 10.8. The predicted molar refractivity (Wildman–Crippen MR) is 82.9 cm³/mol. The van der Waals surface area contributed by atoms with Gasteiger partial charge in [0.2, 0.25) is 0 Å². The Morgan fingerprint density at radius 2 is 2.29 bits per heavy atom. The molecule has 0 saturated heterocycles. The van der Waals surface area contributed by atoms with Crippen LogP contribution >= 0.6 is 0 Å². The summed E-state index contributed by atoms with van der Waals surface area (Å²) in [6.07, 6.45) is 3.91. The standard InChI is InChI=1S/C18H25NO2/c1-3-10-21-16-7-5-6-15(11-16)17(20)18(13-19)9-8-14(4-2)12-18/h5-7,11,14,17,20H,3-4,8-10,12H2,1-2H3. The molecule has 1 saturated carbocycles. The Bertz CT molecular complexity index is 508. The van der Waals surface area contributed by atoms with Gasteiger partial charge < -0.3 is 9.84 Å². The zero-order chi connectivity index (χ0) is 15.3. The van der Waals surface area contributed by atoms with E-state index in [2.05, 4.69) is 19.9 Å². The van der Waals surface area contributed by atoms with Crippen LogP contribution < -0.4 is 4.74 Å². The smallest absolute Gasteiger partial charge is 0.119 e. The van der Waals surface area contributed by atoms with Crippen LogP contribution in [0.4, 0.5) is 0 Å². The van der Waals surface area contributed by atoms with Gasteiger partial charge in [-0.2, -0.15) is 5.26 Å². The SMILES string of the molecule is CCCOc1cccc(C(O)C2(C#N)CCC(CC)C2)c1. The van der Waals surface area contributed by atoms with Crippen LogP contribution in [-0.2, 0) is 0 Å². The first kappa shape index (κ1) is 15.9. The normalized spacial score (nSPS) is 26.3. The summed E-state index contributed by atoms with van der Waals surface area (Å²) in [5.74, 6) is 1.32. The number of rotatable bonds is 6. The molecule has 1 aliphatic carbocycles. The molecular weight excluding hydrogens is 262 g/mol. The predicted octanol–water partition coefficient (Wildman–Crippen LogP) is 4.23. The maximum absolute atomic E-state index is 10.8. The second-order valence-electron chi connectivity index (χ2n) is 6.11. The second kappa shape index (κ2) is 6.95. The van der Waals surface area contributed by atoms with Crippen molar-refractivity contribution in [2.24, 2.45) is 11.3 Å². The monoisotopic (exact) mass is 287 g/mol. The Hall–Kier alpha value is -1.53. The van der Waals surface area contributed by atoms with Gasteiger partial charge in [0, 0.05) is 0 Å². The van der Waals surface area contributed by atoms with Gasteiger partial charge in [0.1, 0.15) is 5.75 Å². The van der Waals surface area contributed by atoms with Gasteiger partial charge in [-0.25, -0.2) is 0 Å². The fourth-order valence-electron chi connectivity index (χ4n) is 3.25. The highest BCUT2D eigenvalue weighted by Gasteiger charge is 2.45. The van der Waals surface area contributed by atoms with Crippen molar-refractivity contribution in [2.75, 3.05) is 6.61 Å². The summed E-state index contributed by atoms with van der Waals surface area (Å²) in [5.41, 5.74) is 0.159. The number of aliphatic hydroxyl groups excluding tert-OH is 1. The van der Waals surface area contributed by atoms with E-state index in [-0.39, 0.29) is 0 Å². The quantitative estimate of drug-likeness (QED) is 0.852. The molecule has 3 nitrogen and oxygen atoms in total. The summed E-state index contributed by atoms with van der Waals surface area (Å²) in [7, 11) is 0. The van der Waals surface area contributed by atoms with Gasteiger partial charge in [-0.1, -0.05) is 32.4 Å². The molecule has 114 valence electrons. The molecule has 1 aliphatic rings. The first-order valence-corrected chi connectivity index (χ1v) is 7.97. The fourth-order valence-corrected chi connectivity index (χ4v) is 3.25. The van der Waals surface area contributed by atoms with Gasteiger partial charge in [-0.15, -0.1) is 0 Å². The van der Waals surface area contributed by atoms with Crippen LogP contribution in [0.1, 0.15) is 57.6 Å². The van der Waals surface area contributed by atoms with E-state index in [0.29, 0.717) is 12.5 Å². The zero-order valence-corrected chi connectivity index (χ0v) is 13.0. The van der Waals surface area contributed by atoms with Crippen molar-refractivity contribution in [3.05, 3.63) is 29.8 Å². The lowest BCUT2D eigenvalue weighted by Crippen LogP contribution is -2.24. The van der Waals surface area contributed by atoms with Crippen LogP contribution in [-0.4, -0.2) is 11.7 Å². The van der Waals surface area contributed by atoms with E-state index in [1.165, 1.54) is 0 Å². The van der Waals surface area contributed by atoms with Crippen LogP contribution in [0.3, 0.4) is 0 Å². The van der Waals surface area contributed by atoms with E-state index >= 15 is 0 Å². The summed E-state index contributed by atoms with van der Waals surface area (Å²) < 4.78 is 5.62. The van der Waals surface area contributed by atoms with Crippen LogP contribution in [0, 0.1) is 22.7 Å². The van der Waals surface area contributed by atoms with E-state index in [4.69, 9.17) is 4.74 Å². The summed E-state index contributed by atoms with van der Waals surface area (Å²) >= 11 is 0. The molecule has 0 bridgehead atoms. The molecule has 3 atom stereocenters. The number of benzene rings is 1. The molecule has 0 spiro atoms. The van der Waals surface area contributed by atoms with Crippen LogP contribution in [0.5, 0.6) is 5.75 Å². The Morgan fingerprint density at radius 1 is 1.48 bits per heavy atom. The second-order valence-corrected chi connectivity index (χ2v) is 6.11. The number of nitriles is 1. The molecule has 3 unspecified atom stereocenters. The number of ether oxygens (including phenoxy) is 1. The zero-order valence-electron chi connectivity index (χ0n) is 13.0. The van der Waals surface area contributed by atoms with Crippen LogP contribution in [0.2, 0.25) is 0 Å². The fraction of sp³-hybridized carbons (Fsp3) is 0.611. The number of nitrogens with zero attached hydrogens (tertiary/aromatic N) is 1. The molecule has 1 aromatic carbocycles. The van der Waals surface area contributed by atoms with E-state index in [1.54, 1.807) is 0 Å². The molecule has 0 aliphatic heterocycles. The molecule has 2 rings (SSSR count). The molecule has 0 aromatic heterocycles. The Labute approximate surface area is 127 Å². The average Bonchev–Trinajstić information content (AvgIpc) is 2.97. The number of hydrogen-bond acceptors (Lipinski definition) is 3. The van der Waals surface area contributed by atoms with Crippen molar-refractivity contribution in [3.8, 4) is 11.8 Å².